The lowest BCUT2D eigenvalue weighted by atomic mass is 10.3. The molecule has 2 aromatic carbocycles. The van der Waals surface area contributed by atoms with Gasteiger partial charge in [0.1, 0.15) is 24.7 Å². The van der Waals surface area contributed by atoms with E-state index in [1.54, 1.807) is 0 Å². The lowest BCUT2D eigenvalue weighted by Crippen LogP contribution is -2.48. The summed E-state index contributed by atoms with van der Waals surface area (Å²) in [5.74, 6) is 1.83. The van der Waals surface area contributed by atoms with Gasteiger partial charge in [-0.3, -0.25) is 9.80 Å². The number of benzene rings is 2. The molecule has 5 nitrogen and oxygen atoms in total. The summed E-state index contributed by atoms with van der Waals surface area (Å²) < 4.78 is 12.8. The number of nitrogens with zero attached hydrogens (tertiary/aromatic N) is 2. The Balaban J connectivity index is 1.27. The van der Waals surface area contributed by atoms with Gasteiger partial charge in [0.05, 0.1) is 0 Å². The molecule has 0 aliphatic carbocycles. The van der Waals surface area contributed by atoms with Crippen LogP contribution in [-0.2, 0) is 0 Å². The summed E-state index contributed by atoms with van der Waals surface area (Å²) in [6.45, 7) is 7.69. The smallest absolute Gasteiger partial charge is 0.119 e. The first-order chi connectivity index (χ1) is 12.7. The zero-order chi connectivity index (χ0) is 18.2. The van der Waals surface area contributed by atoms with Gasteiger partial charge in [-0.05, 0) is 71.1 Å². The van der Waals surface area contributed by atoms with Gasteiger partial charge in [0, 0.05) is 48.5 Å². The number of ether oxygens (including phenoxy) is 2. The van der Waals surface area contributed by atoms with E-state index < -0.39 is 0 Å². The third kappa shape index (κ3) is 6.34. The minimum absolute atomic E-state index is 0.708. The first kappa shape index (κ1) is 19.3. The van der Waals surface area contributed by atoms with Crippen LogP contribution in [-0.4, -0.2) is 62.3 Å². The molecule has 6 heteroatoms. The van der Waals surface area contributed by atoms with Gasteiger partial charge in [0.15, 0.2) is 0 Å². The number of nitrogen functional groups attached to an aromatic ring is 1. The maximum atomic E-state index is 5.83. The Labute approximate surface area is 169 Å². The number of rotatable bonds is 8. The highest BCUT2D eigenvalue weighted by atomic mass is 127. The van der Waals surface area contributed by atoms with Crippen molar-refractivity contribution in [2.45, 2.75) is 0 Å². The number of nitrogens with two attached hydrogens (primary N) is 1. The SMILES string of the molecule is Nc1ccc(OCCN2CCN(CCOc3ccc(I)cc3)CC2)cc1. The van der Waals surface area contributed by atoms with Gasteiger partial charge in [0.25, 0.3) is 0 Å². The normalized spacial score (nSPS) is 15.7. The second kappa shape index (κ2) is 9.99. The van der Waals surface area contributed by atoms with Gasteiger partial charge >= 0.3 is 0 Å². The Bertz CT molecular complexity index is 596. The predicted molar refractivity (Wildman–Crippen MR) is 114 cm³/mol. The van der Waals surface area contributed by atoms with Gasteiger partial charge in [-0.15, -0.1) is 0 Å². The lowest BCUT2D eigenvalue weighted by Gasteiger charge is -2.34. The fraction of sp³-hybridized carbons (Fsp3) is 0.400. The molecule has 1 heterocycles. The van der Waals surface area contributed by atoms with E-state index in [0.717, 1.165) is 63.1 Å². The van der Waals surface area contributed by atoms with Crippen LogP contribution in [0.3, 0.4) is 0 Å². The molecule has 1 aliphatic rings. The molecule has 0 radical (unpaired) electrons. The molecule has 0 amide bonds. The average Bonchev–Trinajstić information content (AvgIpc) is 2.66. The minimum Gasteiger partial charge on any atom is -0.492 e. The Morgan fingerprint density at radius 2 is 1.15 bits per heavy atom. The fourth-order valence-electron chi connectivity index (χ4n) is 2.92. The van der Waals surface area contributed by atoms with Gasteiger partial charge in [0.2, 0.25) is 0 Å². The molecule has 26 heavy (non-hydrogen) atoms. The van der Waals surface area contributed by atoms with Crippen molar-refractivity contribution in [1.29, 1.82) is 0 Å². The zero-order valence-electron chi connectivity index (χ0n) is 14.9. The standard InChI is InChI=1S/C20H26IN3O2/c21-17-1-5-19(6-2-17)25-15-13-23-9-11-24(12-10-23)14-16-26-20-7-3-18(22)4-8-20/h1-8H,9-16,22H2. The van der Waals surface area contributed by atoms with Crippen LogP contribution in [0.15, 0.2) is 48.5 Å². The summed E-state index contributed by atoms with van der Waals surface area (Å²) in [4.78, 5) is 4.91. The molecule has 0 unspecified atom stereocenters. The third-order valence-electron chi connectivity index (χ3n) is 4.51. The minimum atomic E-state index is 0.708. The van der Waals surface area contributed by atoms with E-state index in [1.807, 2.05) is 36.4 Å². The highest BCUT2D eigenvalue weighted by Gasteiger charge is 2.16. The van der Waals surface area contributed by atoms with Crippen molar-refractivity contribution < 1.29 is 9.47 Å². The Kier molecular flexibility index (Phi) is 7.40. The van der Waals surface area contributed by atoms with Crippen LogP contribution in [0.1, 0.15) is 0 Å². The molecule has 3 rings (SSSR count). The average molecular weight is 467 g/mol. The van der Waals surface area contributed by atoms with Crippen LogP contribution < -0.4 is 15.2 Å². The van der Waals surface area contributed by atoms with Crippen molar-refractivity contribution >= 4 is 28.3 Å². The van der Waals surface area contributed by atoms with E-state index in [-0.39, 0.29) is 0 Å². The molecule has 1 saturated heterocycles. The molecule has 2 aromatic rings. The van der Waals surface area contributed by atoms with E-state index in [2.05, 4.69) is 44.5 Å². The van der Waals surface area contributed by atoms with Crippen LogP contribution in [0.5, 0.6) is 11.5 Å². The first-order valence-corrected chi connectivity index (χ1v) is 10.1. The number of hydrogen-bond donors (Lipinski definition) is 1. The van der Waals surface area contributed by atoms with Crippen LogP contribution in [0, 0.1) is 3.57 Å². The van der Waals surface area contributed by atoms with E-state index in [4.69, 9.17) is 15.2 Å². The van der Waals surface area contributed by atoms with Gasteiger partial charge in [-0.25, -0.2) is 0 Å². The molecule has 0 aromatic heterocycles. The maximum Gasteiger partial charge on any atom is 0.119 e. The van der Waals surface area contributed by atoms with Crippen molar-refractivity contribution in [2.75, 3.05) is 58.2 Å². The predicted octanol–water partition coefficient (Wildman–Crippen LogP) is 2.95. The maximum absolute atomic E-state index is 5.83. The third-order valence-corrected chi connectivity index (χ3v) is 5.23. The molecule has 2 N–H and O–H groups in total. The summed E-state index contributed by atoms with van der Waals surface area (Å²) in [6, 6.07) is 15.8. The topological polar surface area (TPSA) is 51.0 Å². The summed E-state index contributed by atoms with van der Waals surface area (Å²) in [5, 5.41) is 0. The van der Waals surface area contributed by atoms with Crippen molar-refractivity contribution in [3.63, 3.8) is 0 Å². The lowest BCUT2D eigenvalue weighted by molar-refractivity contribution is 0.105. The van der Waals surface area contributed by atoms with E-state index in [9.17, 15) is 0 Å². The second-order valence-corrected chi connectivity index (χ2v) is 7.65. The van der Waals surface area contributed by atoms with E-state index >= 15 is 0 Å². The van der Waals surface area contributed by atoms with Gasteiger partial charge in [-0.1, -0.05) is 0 Å². The molecular weight excluding hydrogens is 441 g/mol. The number of halogens is 1. The molecular formula is C20H26IN3O2. The Hall–Kier alpha value is -1.51. The summed E-state index contributed by atoms with van der Waals surface area (Å²) in [6.07, 6.45) is 0. The van der Waals surface area contributed by atoms with Crippen molar-refractivity contribution in [3.8, 4) is 11.5 Å². The molecule has 0 bridgehead atoms. The van der Waals surface area contributed by atoms with Crippen LogP contribution in [0.25, 0.3) is 0 Å². The monoisotopic (exact) mass is 467 g/mol. The first-order valence-electron chi connectivity index (χ1n) is 9.00. The van der Waals surface area contributed by atoms with Gasteiger partial charge < -0.3 is 15.2 Å². The van der Waals surface area contributed by atoms with Crippen LogP contribution in [0.4, 0.5) is 5.69 Å². The molecule has 0 atom stereocenters. The second-order valence-electron chi connectivity index (χ2n) is 6.40. The number of piperazine rings is 1. The summed E-state index contributed by atoms with van der Waals surface area (Å²) in [7, 11) is 0. The molecule has 140 valence electrons. The molecule has 1 aliphatic heterocycles. The Morgan fingerprint density at radius 1 is 0.731 bits per heavy atom. The van der Waals surface area contributed by atoms with E-state index in [1.165, 1.54) is 3.57 Å². The molecule has 1 fully saturated rings. The van der Waals surface area contributed by atoms with Crippen molar-refractivity contribution in [2.24, 2.45) is 0 Å². The summed E-state index contributed by atoms with van der Waals surface area (Å²) in [5.41, 5.74) is 6.44. The number of anilines is 1. The largest absolute Gasteiger partial charge is 0.492 e. The molecule has 0 saturated carbocycles. The highest BCUT2D eigenvalue weighted by molar-refractivity contribution is 14.1. The van der Waals surface area contributed by atoms with Crippen LogP contribution >= 0.6 is 22.6 Å². The van der Waals surface area contributed by atoms with Gasteiger partial charge in [-0.2, -0.15) is 0 Å². The fourth-order valence-corrected chi connectivity index (χ4v) is 3.28. The van der Waals surface area contributed by atoms with Crippen molar-refractivity contribution in [3.05, 3.63) is 52.1 Å². The Morgan fingerprint density at radius 3 is 1.62 bits per heavy atom. The molecule has 0 spiro atoms. The zero-order valence-corrected chi connectivity index (χ0v) is 17.1. The quantitative estimate of drug-likeness (QED) is 0.478. The summed E-state index contributed by atoms with van der Waals surface area (Å²) >= 11 is 2.30. The van der Waals surface area contributed by atoms with Crippen LogP contribution in [0.2, 0.25) is 0 Å². The number of hydrogen-bond acceptors (Lipinski definition) is 5. The van der Waals surface area contributed by atoms with Crippen molar-refractivity contribution in [1.82, 2.24) is 9.80 Å². The highest BCUT2D eigenvalue weighted by Crippen LogP contribution is 2.14. The van der Waals surface area contributed by atoms with E-state index in [0.29, 0.717) is 6.61 Å².